The summed E-state index contributed by atoms with van der Waals surface area (Å²) < 4.78 is 1.15. The molecular weight excluding hydrogens is 260 g/mol. The number of thiophene rings is 1. The maximum absolute atomic E-state index is 10.0. The maximum Gasteiger partial charge on any atom is 0.0887 e. The van der Waals surface area contributed by atoms with E-state index in [2.05, 4.69) is 35.8 Å². The molecule has 1 atom stereocenters. The third-order valence-electron chi connectivity index (χ3n) is 2.99. The van der Waals surface area contributed by atoms with Crippen molar-refractivity contribution < 1.29 is 5.11 Å². The zero-order valence-corrected chi connectivity index (χ0v) is 10.9. The lowest BCUT2D eigenvalue weighted by Gasteiger charge is -2.13. The summed E-state index contributed by atoms with van der Waals surface area (Å²) in [6.07, 6.45) is 3.20. The summed E-state index contributed by atoms with van der Waals surface area (Å²) in [6, 6.07) is 2.09. The summed E-state index contributed by atoms with van der Waals surface area (Å²) >= 11 is 5.14. The van der Waals surface area contributed by atoms with E-state index in [1.807, 2.05) is 0 Å². The van der Waals surface area contributed by atoms with Crippen molar-refractivity contribution in [2.24, 2.45) is 5.41 Å². The molecule has 0 aliphatic heterocycles. The van der Waals surface area contributed by atoms with Crippen molar-refractivity contribution in [2.75, 3.05) is 0 Å². The van der Waals surface area contributed by atoms with Crippen LogP contribution in [0.2, 0.25) is 0 Å². The molecule has 0 radical (unpaired) electrons. The fourth-order valence-electron chi connectivity index (χ4n) is 1.63. The Morgan fingerprint density at radius 2 is 2.29 bits per heavy atom. The first-order chi connectivity index (χ1) is 6.50. The van der Waals surface area contributed by atoms with Gasteiger partial charge in [0.05, 0.1) is 9.89 Å². The smallest absolute Gasteiger partial charge is 0.0887 e. The van der Waals surface area contributed by atoms with Gasteiger partial charge in [-0.25, -0.2) is 0 Å². The Hall–Kier alpha value is 0.140. The Kier molecular flexibility index (Phi) is 2.75. The van der Waals surface area contributed by atoms with Gasteiger partial charge in [0.15, 0.2) is 0 Å². The van der Waals surface area contributed by atoms with Crippen molar-refractivity contribution in [2.45, 2.75) is 39.2 Å². The fraction of sp³-hybridized carbons (Fsp3) is 0.636. The van der Waals surface area contributed by atoms with Crippen molar-refractivity contribution in [3.05, 3.63) is 20.3 Å². The number of aliphatic hydroxyl groups is 1. The second-order valence-electron chi connectivity index (χ2n) is 4.64. The van der Waals surface area contributed by atoms with Gasteiger partial charge in [0.2, 0.25) is 0 Å². The number of hydrogen-bond donors (Lipinski definition) is 1. The standard InChI is InChI=1S/C11H15BrOS/c1-7-5-9(14-10(7)12)8(13)6-11(2)3-4-11/h5,8,13H,3-4,6H2,1-2H3. The van der Waals surface area contributed by atoms with Gasteiger partial charge < -0.3 is 5.11 Å². The molecule has 78 valence electrons. The van der Waals surface area contributed by atoms with Gasteiger partial charge in [0.1, 0.15) is 0 Å². The molecule has 1 fully saturated rings. The van der Waals surface area contributed by atoms with Crippen LogP contribution < -0.4 is 0 Å². The number of aliphatic hydroxyl groups excluding tert-OH is 1. The molecule has 0 bridgehead atoms. The predicted octanol–water partition coefficient (Wildman–Crippen LogP) is 4.04. The molecule has 0 saturated heterocycles. The first kappa shape index (κ1) is 10.7. The van der Waals surface area contributed by atoms with Crippen molar-refractivity contribution in [3.63, 3.8) is 0 Å². The molecule has 1 aliphatic rings. The highest BCUT2D eigenvalue weighted by atomic mass is 79.9. The molecule has 1 saturated carbocycles. The third kappa shape index (κ3) is 2.20. The third-order valence-corrected chi connectivity index (χ3v) is 5.23. The van der Waals surface area contributed by atoms with Crippen LogP contribution in [0.15, 0.2) is 9.85 Å². The molecule has 0 aromatic carbocycles. The summed E-state index contributed by atoms with van der Waals surface area (Å²) in [7, 11) is 0. The van der Waals surface area contributed by atoms with Crippen LogP contribution in [0.4, 0.5) is 0 Å². The van der Waals surface area contributed by atoms with Crippen LogP contribution in [0.25, 0.3) is 0 Å². The summed E-state index contributed by atoms with van der Waals surface area (Å²) in [4.78, 5) is 1.10. The second-order valence-corrected chi connectivity index (χ2v) is 7.04. The van der Waals surface area contributed by atoms with Gasteiger partial charge in [-0.1, -0.05) is 6.92 Å². The van der Waals surface area contributed by atoms with Gasteiger partial charge in [0.25, 0.3) is 0 Å². The lowest BCUT2D eigenvalue weighted by molar-refractivity contribution is 0.145. The molecule has 1 N–H and O–H groups in total. The zero-order valence-electron chi connectivity index (χ0n) is 8.51. The Morgan fingerprint density at radius 3 is 2.71 bits per heavy atom. The Morgan fingerprint density at radius 1 is 1.64 bits per heavy atom. The first-order valence-corrected chi connectivity index (χ1v) is 6.55. The van der Waals surface area contributed by atoms with Crippen LogP contribution in [-0.4, -0.2) is 5.11 Å². The zero-order chi connectivity index (χ0) is 10.3. The highest BCUT2D eigenvalue weighted by Crippen LogP contribution is 2.51. The highest BCUT2D eigenvalue weighted by molar-refractivity contribution is 9.11. The molecular formula is C11H15BrOS. The van der Waals surface area contributed by atoms with Gasteiger partial charge >= 0.3 is 0 Å². The van der Waals surface area contributed by atoms with E-state index in [1.165, 1.54) is 18.4 Å². The largest absolute Gasteiger partial charge is 0.388 e. The van der Waals surface area contributed by atoms with Crippen LogP contribution in [0.1, 0.15) is 42.7 Å². The summed E-state index contributed by atoms with van der Waals surface area (Å²) in [6.45, 7) is 4.32. The quantitative estimate of drug-likeness (QED) is 0.882. The molecule has 0 spiro atoms. The van der Waals surface area contributed by atoms with Gasteiger partial charge in [-0.3, -0.25) is 0 Å². The average Bonchev–Trinajstić information content (AvgIpc) is 2.71. The molecule has 1 aromatic rings. The molecule has 3 heteroatoms. The van der Waals surface area contributed by atoms with Crippen molar-refractivity contribution in [3.8, 4) is 0 Å². The van der Waals surface area contributed by atoms with Crippen LogP contribution in [0.5, 0.6) is 0 Å². The number of hydrogen-bond acceptors (Lipinski definition) is 2. The predicted molar refractivity (Wildman–Crippen MR) is 63.7 cm³/mol. The van der Waals surface area contributed by atoms with Crippen molar-refractivity contribution in [1.29, 1.82) is 0 Å². The molecule has 14 heavy (non-hydrogen) atoms. The number of aryl methyl sites for hydroxylation is 1. The highest BCUT2D eigenvalue weighted by Gasteiger charge is 2.39. The minimum atomic E-state index is -0.266. The van der Waals surface area contributed by atoms with E-state index in [0.717, 1.165) is 15.1 Å². The molecule has 0 amide bonds. The van der Waals surface area contributed by atoms with Crippen LogP contribution in [0, 0.1) is 12.3 Å². The molecule has 2 rings (SSSR count). The SMILES string of the molecule is Cc1cc(C(O)CC2(C)CC2)sc1Br. The van der Waals surface area contributed by atoms with E-state index in [4.69, 9.17) is 0 Å². The van der Waals surface area contributed by atoms with Crippen LogP contribution >= 0.6 is 27.3 Å². The first-order valence-electron chi connectivity index (χ1n) is 4.94. The van der Waals surface area contributed by atoms with E-state index in [-0.39, 0.29) is 6.10 Å². The van der Waals surface area contributed by atoms with Crippen LogP contribution in [-0.2, 0) is 0 Å². The molecule has 1 nitrogen and oxygen atoms in total. The van der Waals surface area contributed by atoms with Crippen molar-refractivity contribution in [1.82, 2.24) is 0 Å². The van der Waals surface area contributed by atoms with Gasteiger partial charge in [0, 0.05) is 4.88 Å². The van der Waals surface area contributed by atoms with E-state index in [1.54, 1.807) is 11.3 Å². The Labute approximate surface area is 97.3 Å². The fourth-order valence-corrected chi connectivity index (χ4v) is 3.19. The van der Waals surface area contributed by atoms with E-state index < -0.39 is 0 Å². The van der Waals surface area contributed by atoms with Gasteiger partial charge in [-0.05, 0) is 59.2 Å². The van der Waals surface area contributed by atoms with Gasteiger partial charge in [-0.15, -0.1) is 11.3 Å². The minimum Gasteiger partial charge on any atom is -0.388 e. The summed E-state index contributed by atoms with van der Waals surface area (Å²) in [5.41, 5.74) is 1.65. The minimum absolute atomic E-state index is 0.266. The maximum atomic E-state index is 10.0. The summed E-state index contributed by atoms with van der Waals surface area (Å²) in [5, 5.41) is 10.0. The Bertz CT molecular complexity index is 322. The molecule has 1 heterocycles. The Balaban J connectivity index is 2.06. The van der Waals surface area contributed by atoms with E-state index in [0.29, 0.717) is 5.41 Å². The lowest BCUT2D eigenvalue weighted by Crippen LogP contribution is -2.02. The topological polar surface area (TPSA) is 20.2 Å². The lowest BCUT2D eigenvalue weighted by atomic mass is 10.00. The monoisotopic (exact) mass is 274 g/mol. The van der Waals surface area contributed by atoms with Crippen molar-refractivity contribution >= 4 is 27.3 Å². The number of rotatable bonds is 3. The average molecular weight is 275 g/mol. The summed E-state index contributed by atoms with van der Waals surface area (Å²) in [5.74, 6) is 0. The number of halogens is 1. The van der Waals surface area contributed by atoms with Crippen LogP contribution in [0.3, 0.4) is 0 Å². The molecule has 1 aromatic heterocycles. The second kappa shape index (κ2) is 3.62. The van der Waals surface area contributed by atoms with E-state index in [9.17, 15) is 5.11 Å². The molecule has 1 unspecified atom stereocenters. The van der Waals surface area contributed by atoms with E-state index >= 15 is 0 Å². The van der Waals surface area contributed by atoms with Gasteiger partial charge in [-0.2, -0.15) is 0 Å². The molecule has 1 aliphatic carbocycles. The normalized spacial score (nSPS) is 20.9.